The first-order valence-electron chi connectivity index (χ1n) is 12.3. The summed E-state index contributed by atoms with van der Waals surface area (Å²) in [5.41, 5.74) is 2.33. The van der Waals surface area contributed by atoms with Crippen molar-refractivity contribution in [3.8, 4) is 11.5 Å². The van der Waals surface area contributed by atoms with Gasteiger partial charge in [0.25, 0.3) is 11.7 Å². The lowest BCUT2D eigenvalue weighted by Gasteiger charge is -2.27. The molecule has 0 bridgehead atoms. The summed E-state index contributed by atoms with van der Waals surface area (Å²) in [6, 6.07) is 12.0. The first-order valence-corrected chi connectivity index (χ1v) is 12.3. The Bertz CT molecular complexity index is 1140. The third kappa shape index (κ3) is 4.91. The van der Waals surface area contributed by atoms with E-state index < -0.39 is 17.7 Å². The minimum Gasteiger partial charge on any atom is -0.507 e. The number of aliphatic hydroxyl groups is 1. The fourth-order valence-electron chi connectivity index (χ4n) is 5.00. The standard InChI is InChI=1S/C28H34N2O5/c1-5-29(6-2)13-8-14-30-25(19-9-7-10-22(17-19)34-4)24(27(32)28(30)33)26(31)20-11-12-23-21(16-20)15-18(3)35-23/h7,9-12,16-18,25,31H,5-6,8,13-15H2,1-4H3/t18-,25-/m0/s1. The van der Waals surface area contributed by atoms with Crippen molar-refractivity contribution in [1.82, 2.24) is 9.80 Å². The van der Waals surface area contributed by atoms with Gasteiger partial charge >= 0.3 is 0 Å². The zero-order valence-corrected chi connectivity index (χ0v) is 20.9. The summed E-state index contributed by atoms with van der Waals surface area (Å²) in [7, 11) is 1.58. The monoisotopic (exact) mass is 478 g/mol. The minimum atomic E-state index is -0.690. The minimum absolute atomic E-state index is 0.0653. The topological polar surface area (TPSA) is 79.3 Å². The van der Waals surface area contributed by atoms with Crippen molar-refractivity contribution in [3.63, 3.8) is 0 Å². The van der Waals surface area contributed by atoms with Crippen LogP contribution in [0.3, 0.4) is 0 Å². The molecule has 7 nitrogen and oxygen atoms in total. The van der Waals surface area contributed by atoms with Crippen LogP contribution in [0.5, 0.6) is 11.5 Å². The molecule has 2 aromatic carbocycles. The van der Waals surface area contributed by atoms with Gasteiger partial charge in [-0.1, -0.05) is 26.0 Å². The van der Waals surface area contributed by atoms with Gasteiger partial charge in [-0.25, -0.2) is 0 Å². The molecule has 1 N–H and O–H groups in total. The van der Waals surface area contributed by atoms with Gasteiger partial charge < -0.3 is 24.4 Å². The van der Waals surface area contributed by atoms with Crippen molar-refractivity contribution in [2.24, 2.45) is 0 Å². The van der Waals surface area contributed by atoms with Gasteiger partial charge in [0.05, 0.1) is 18.7 Å². The largest absolute Gasteiger partial charge is 0.507 e. The van der Waals surface area contributed by atoms with Crippen molar-refractivity contribution in [2.45, 2.75) is 45.8 Å². The van der Waals surface area contributed by atoms with Gasteiger partial charge in [-0.3, -0.25) is 9.59 Å². The molecule has 1 saturated heterocycles. The molecule has 0 spiro atoms. The third-order valence-electron chi connectivity index (χ3n) is 6.89. The summed E-state index contributed by atoms with van der Waals surface area (Å²) in [4.78, 5) is 30.4. The summed E-state index contributed by atoms with van der Waals surface area (Å²) < 4.78 is 11.2. The highest BCUT2D eigenvalue weighted by Crippen LogP contribution is 2.41. The van der Waals surface area contributed by atoms with Gasteiger partial charge in [-0.15, -0.1) is 0 Å². The SMILES string of the molecule is CCN(CC)CCCN1C(=O)C(=O)C(=C(O)c2ccc3c(c2)C[C@H](C)O3)[C@@H]1c1cccc(OC)c1. The van der Waals surface area contributed by atoms with E-state index in [1.54, 1.807) is 18.1 Å². The number of carbonyl (C=O) groups excluding carboxylic acids is 2. The van der Waals surface area contributed by atoms with E-state index in [1.165, 1.54) is 0 Å². The number of ketones is 1. The Labute approximate surface area is 206 Å². The average molecular weight is 479 g/mol. The van der Waals surface area contributed by atoms with Gasteiger partial charge in [0.1, 0.15) is 23.4 Å². The van der Waals surface area contributed by atoms with Crippen LogP contribution in [0.25, 0.3) is 5.76 Å². The van der Waals surface area contributed by atoms with Gasteiger partial charge in [-0.2, -0.15) is 0 Å². The van der Waals surface area contributed by atoms with Crippen LogP contribution in [-0.4, -0.2) is 66.0 Å². The molecule has 7 heteroatoms. The molecule has 2 atom stereocenters. The number of rotatable bonds is 9. The number of nitrogens with zero attached hydrogens (tertiary/aromatic N) is 2. The zero-order chi connectivity index (χ0) is 25.1. The normalized spacial score (nSPS) is 20.9. The highest BCUT2D eigenvalue weighted by molar-refractivity contribution is 6.46. The van der Waals surface area contributed by atoms with E-state index in [9.17, 15) is 14.7 Å². The molecular formula is C28H34N2O5. The average Bonchev–Trinajstić information content (AvgIpc) is 3.37. The molecule has 2 aliphatic rings. The highest BCUT2D eigenvalue weighted by atomic mass is 16.5. The summed E-state index contributed by atoms with van der Waals surface area (Å²) in [6.07, 6.45) is 1.52. The number of carbonyl (C=O) groups is 2. The van der Waals surface area contributed by atoms with E-state index >= 15 is 0 Å². The fourth-order valence-corrected chi connectivity index (χ4v) is 5.00. The Morgan fingerprint density at radius 1 is 1.17 bits per heavy atom. The van der Waals surface area contributed by atoms with Crippen LogP contribution in [0.4, 0.5) is 0 Å². The van der Waals surface area contributed by atoms with Gasteiger partial charge in [0, 0.05) is 18.5 Å². The highest BCUT2D eigenvalue weighted by Gasteiger charge is 2.46. The molecule has 0 unspecified atom stereocenters. The molecule has 0 aromatic heterocycles. The Hall–Kier alpha value is -3.32. The maximum Gasteiger partial charge on any atom is 0.295 e. The van der Waals surface area contributed by atoms with Gasteiger partial charge in [0.2, 0.25) is 0 Å². The van der Waals surface area contributed by atoms with Crippen molar-refractivity contribution in [2.75, 3.05) is 33.3 Å². The summed E-state index contributed by atoms with van der Waals surface area (Å²) >= 11 is 0. The number of hydrogen-bond acceptors (Lipinski definition) is 6. The van der Waals surface area contributed by atoms with Crippen molar-refractivity contribution >= 4 is 17.4 Å². The lowest BCUT2D eigenvalue weighted by molar-refractivity contribution is -0.140. The van der Waals surface area contributed by atoms with Crippen molar-refractivity contribution in [1.29, 1.82) is 0 Å². The quantitative estimate of drug-likeness (QED) is 0.331. The van der Waals surface area contributed by atoms with Gasteiger partial charge in [0.15, 0.2) is 0 Å². The molecule has 0 radical (unpaired) electrons. The molecule has 35 heavy (non-hydrogen) atoms. The van der Waals surface area contributed by atoms with E-state index in [0.29, 0.717) is 17.9 Å². The van der Waals surface area contributed by atoms with Crippen molar-refractivity contribution in [3.05, 3.63) is 64.7 Å². The number of benzene rings is 2. The van der Waals surface area contributed by atoms with Crippen LogP contribution in [0.15, 0.2) is 48.0 Å². The predicted octanol–water partition coefficient (Wildman–Crippen LogP) is 4.17. The van der Waals surface area contributed by atoms with E-state index in [2.05, 4.69) is 18.7 Å². The Kier molecular flexibility index (Phi) is 7.45. The first kappa shape index (κ1) is 24.8. The summed E-state index contributed by atoms with van der Waals surface area (Å²) in [6.45, 7) is 9.29. The number of ether oxygens (including phenoxy) is 2. The van der Waals surface area contributed by atoms with E-state index in [4.69, 9.17) is 9.47 Å². The first-order chi connectivity index (χ1) is 16.9. The Balaban J connectivity index is 1.75. The molecule has 1 amide bonds. The number of amides is 1. The maximum absolute atomic E-state index is 13.3. The molecular weight excluding hydrogens is 444 g/mol. The molecule has 1 fully saturated rings. The summed E-state index contributed by atoms with van der Waals surface area (Å²) in [5, 5.41) is 11.4. The molecule has 2 heterocycles. The fraction of sp³-hybridized carbons (Fsp3) is 0.429. The molecule has 0 saturated carbocycles. The predicted molar refractivity (Wildman–Crippen MR) is 135 cm³/mol. The number of fused-ring (bicyclic) bond motifs is 1. The number of hydrogen-bond donors (Lipinski definition) is 1. The smallest absolute Gasteiger partial charge is 0.295 e. The second kappa shape index (κ2) is 10.5. The molecule has 2 aromatic rings. The number of aliphatic hydroxyl groups excluding tert-OH is 1. The van der Waals surface area contributed by atoms with Crippen LogP contribution in [0.2, 0.25) is 0 Å². The maximum atomic E-state index is 13.3. The van der Waals surface area contributed by atoms with Crippen LogP contribution < -0.4 is 9.47 Å². The molecule has 4 rings (SSSR count). The zero-order valence-electron chi connectivity index (χ0n) is 20.9. The van der Waals surface area contributed by atoms with E-state index in [0.717, 1.165) is 49.4 Å². The van der Waals surface area contributed by atoms with Crippen LogP contribution >= 0.6 is 0 Å². The Morgan fingerprint density at radius 2 is 1.94 bits per heavy atom. The van der Waals surface area contributed by atoms with Gasteiger partial charge in [-0.05, 0) is 74.4 Å². The number of methoxy groups -OCH3 is 1. The molecule has 0 aliphatic carbocycles. The van der Waals surface area contributed by atoms with Crippen LogP contribution in [0, 0.1) is 0 Å². The van der Waals surface area contributed by atoms with Crippen LogP contribution in [-0.2, 0) is 16.0 Å². The third-order valence-corrected chi connectivity index (χ3v) is 6.89. The van der Waals surface area contributed by atoms with E-state index in [-0.39, 0.29) is 17.4 Å². The molecule has 2 aliphatic heterocycles. The second-order valence-electron chi connectivity index (χ2n) is 9.10. The van der Waals surface area contributed by atoms with Crippen LogP contribution in [0.1, 0.15) is 49.9 Å². The number of likely N-dealkylation sites (tertiary alicyclic amines) is 1. The van der Waals surface area contributed by atoms with Crippen molar-refractivity contribution < 1.29 is 24.2 Å². The second-order valence-corrected chi connectivity index (χ2v) is 9.10. The lowest BCUT2D eigenvalue weighted by atomic mass is 9.94. The van der Waals surface area contributed by atoms with E-state index in [1.807, 2.05) is 43.3 Å². The summed E-state index contributed by atoms with van der Waals surface area (Å²) in [5.74, 6) is 0.000203. The Morgan fingerprint density at radius 3 is 2.66 bits per heavy atom. The molecule has 186 valence electrons. The number of Topliss-reactive ketones (excluding diaryl/α,β-unsaturated/α-hetero) is 1. The lowest BCUT2D eigenvalue weighted by Crippen LogP contribution is -2.33.